The third-order valence-electron chi connectivity index (χ3n) is 8.83. The second-order valence-electron chi connectivity index (χ2n) is 11.0. The van der Waals surface area contributed by atoms with E-state index in [2.05, 4.69) is 0 Å². The van der Waals surface area contributed by atoms with Gasteiger partial charge < -0.3 is 30.6 Å². The zero-order chi connectivity index (χ0) is 23.9. The zero-order valence-electron chi connectivity index (χ0n) is 18.7. The maximum Gasteiger partial charge on any atom is 0.157 e. The highest BCUT2D eigenvalue weighted by Crippen LogP contribution is 2.71. The molecular formula is C28H28O6. The van der Waals surface area contributed by atoms with E-state index in [0.717, 1.165) is 55.2 Å². The normalized spacial score (nSPS) is 31.6. The lowest BCUT2D eigenvalue weighted by atomic mass is 9.36. The molecule has 0 unspecified atom stereocenters. The number of hydrogen-bond acceptors (Lipinski definition) is 6. The van der Waals surface area contributed by atoms with Crippen LogP contribution in [0.3, 0.4) is 0 Å². The summed E-state index contributed by atoms with van der Waals surface area (Å²) in [5.74, 6) is -0.485. The van der Waals surface area contributed by atoms with Gasteiger partial charge in [-0.1, -0.05) is 18.2 Å². The van der Waals surface area contributed by atoms with Crippen LogP contribution >= 0.6 is 0 Å². The van der Waals surface area contributed by atoms with Gasteiger partial charge in [0.1, 0.15) is 0 Å². The first-order valence-electron chi connectivity index (χ1n) is 11.7. The summed E-state index contributed by atoms with van der Waals surface area (Å²) < 4.78 is 0. The van der Waals surface area contributed by atoms with Gasteiger partial charge in [0.2, 0.25) is 0 Å². The molecule has 4 bridgehead atoms. The molecule has 4 fully saturated rings. The molecule has 0 spiro atoms. The second kappa shape index (κ2) is 6.75. The highest BCUT2D eigenvalue weighted by molar-refractivity contribution is 5.52. The van der Waals surface area contributed by atoms with Crippen molar-refractivity contribution in [1.29, 1.82) is 0 Å². The monoisotopic (exact) mass is 460 g/mol. The summed E-state index contributed by atoms with van der Waals surface area (Å²) in [7, 11) is 0. The summed E-state index contributed by atoms with van der Waals surface area (Å²) in [5, 5.41) is 60.8. The lowest BCUT2D eigenvalue weighted by Crippen LogP contribution is -2.61. The Morgan fingerprint density at radius 1 is 0.441 bits per heavy atom. The molecule has 0 aromatic heterocycles. The summed E-state index contributed by atoms with van der Waals surface area (Å²) in [6.07, 6.45) is 5.31. The Balaban J connectivity index is 1.56. The minimum Gasteiger partial charge on any atom is -0.504 e. The number of hydrogen-bond donors (Lipinski definition) is 6. The van der Waals surface area contributed by atoms with E-state index in [4.69, 9.17) is 0 Å². The molecule has 6 N–H and O–H groups in total. The molecule has 4 aliphatic carbocycles. The SMILES string of the molecule is Oc1ccc(C23CC4CC(c5ccc(O)c(O)c5)(C2)CC(c2ccc(O)c(O)c2)(C4)C3)cc1O. The Morgan fingerprint density at radius 3 is 1.00 bits per heavy atom. The van der Waals surface area contributed by atoms with Crippen molar-refractivity contribution in [3.8, 4) is 34.5 Å². The molecule has 0 amide bonds. The maximum absolute atomic E-state index is 10.3. The van der Waals surface area contributed by atoms with E-state index in [9.17, 15) is 30.6 Å². The quantitative estimate of drug-likeness (QED) is 0.305. The van der Waals surface area contributed by atoms with Gasteiger partial charge in [-0.2, -0.15) is 0 Å². The van der Waals surface area contributed by atoms with Crippen molar-refractivity contribution in [3.05, 3.63) is 71.3 Å². The molecule has 0 atom stereocenters. The predicted octanol–water partition coefficient (Wildman–Crippen LogP) is 5.03. The lowest BCUT2D eigenvalue weighted by Gasteiger charge is -2.67. The summed E-state index contributed by atoms with van der Waals surface area (Å²) in [6, 6.07) is 15.3. The van der Waals surface area contributed by atoms with Crippen LogP contribution in [0, 0.1) is 5.92 Å². The summed E-state index contributed by atoms with van der Waals surface area (Å²) in [4.78, 5) is 0. The third-order valence-corrected chi connectivity index (χ3v) is 8.83. The van der Waals surface area contributed by atoms with Crippen molar-refractivity contribution in [3.63, 3.8) is 0 Å². The fourth-order valence-electron chi connectivity index (χ4n) is 7.96. The Kier molecular flexibility index (Phi) is 4.17. The van der Waals surface area contributed by atoms with Crippen LogP contribution in [0.2, 0.25) is 0 Å². The van der Waals surface area contributed by atoms with Crippen molar-refractivity contribution in [1.82, 2.24) is 0 Å². The topological polar surface area (TPSA) is 121 Å². The van der Waals surface area contributed by atoms with E-state index in [0.29, 0.717) is 5.92 Å². The lowest BCUT2D eigenvalue weighted by molar-refractivity contribution is -0.0495. The minimum atomic E-state index is -0.272. The third kappa shape index (κ3) is 2.87. The van der Waals surface area contributed by atoms with E-state index in [1.807, 2.05) is 18.2 Å². The molecule has 0 heterocycles. The fourth-order valence-corrected chi connectivity index (χ4v) is 7.96. The molecule has 0 radical (unpaired) electrons. The van der Waals surface area contributed by atoms with Crippen LogP contribution in [-0.2, 0) is 16.2 Å². The van der Waals surface area contributed by atoms with E-state index in [-0.39, 0.29) is 50.7 Å². The Morgan fingerprint density at radius 2 is 0.735 bits per heavy atom. The van der Waals surface area contributed by atoms with Gasteiger partial charge in [0, 0.05) is 0 Å². The molecule has 176 valence electrons. The van der Waals surface area contributed by atoms with Crippen molar-refractivity contribution in [2.24, 2.45) is 5.92 Å². The first-order chi connectivity index (χ1) is 16.1. The van der Waals surface area contributed by atoms with E-state index in [1.54, 1.807) is 36.4 Å². The molecular weight excluding hydrogens is 432 g/mol. The van der Waals surface area contributed by atoms with Gasteiger partial charge in [0.15, 0.2) is 34.5 Å². The van der Waals surface area contributed by atoms with Crippen LogP contribution in [0.15, 0.2) is 54.6 Å². The number of aromatic hydroxyl groups is 6. The van der Waals surface area contributed by atoms with E-state index < -0.39 is 0 Å². The molecule has 4 saturated carbocycles. The first-order valence-corrected chi connectivity index (χ1v) is 11.7. The van der Waals surface area contributed by atoms with Gasteiger partial charge in [-0.3, -0.25) is 0 Å². The predicted molar refractivity (Wildman–Crippen MR) is 126 cm³/mol. The molecule has 4 aliphatic rings. The van der Waals surface area contributed by atoms with Crippen molar-refractivity contribution >= 4 is 0 Å². The highest BCUT2D eigenvalue weighted by Gasteiger charge is 2.64. The Hall–Kier alpha value is -3.54. The summed E-state index contributed by atoms with van der Waals surface area (Å²) in [5.41, 5.74) is 2.12. The van der Waals surface area contributed by atoms with Crippen LogP contribution in [0.25, 0.3) is 0 Å². The zero-order valence-corrected chi connectivity index (χ0v) is 18.7. The van der Waals surface area contributed by atoms with E-state index >= 15 is 0 Å². The van der Waals surface area contributed by atoms with Crippen LogP contribution in [-0.4, -0.2) is 30.6 Å². The largest absolute Gasteiger partial charge is 0.504 e. The van der Waals surface area contributed by atoms with Crippen molar-refractivity contribution < 1.29 is 30.6 Å². The van der Waals surface area contributed by atoms with Gasteiger partial charge >= 0.3 is 0 Å². The van der Waals surface area contributed by atoms with E-state index in [1.165, 1.54) is 0 Å². The standard InChI is InChI=1S/C28H28O6/c29-20-4-1-17(7-23(20)32)26-10-16-11-27(13-26,18-2-5-21(30)24(33)8-18)15-28(12-16,14-26)19-3-6-22(31)25(34)9-19/h1-9,16,29-34H,10-15H2. The van der Waals surface area contributed by atoms with Gasteiger partial charge in [-0.25, -0.2) is 0 Å². The summed E-state index contributed by atoms with van der Waals surface area (Å²) in [6.45, 7) is 0. The number of rotatable bonds is 3. The van der Waals surface area contributed by atoms with Crippen LogP contribution in [0.4, 0.5) is 0 Å². The molecule has 34 heavy (non-hydrogen) atoms. The molecule has 0 aliphatic heterocycles. The van der Waals surface area contributed by atoms with Gasteiger partial charge in [0.05, 0.1) is 0 Å². The maximum atomic E-state index is 10.3. The molecule has 0 saturated heterocycles. The average Bonchev–Trinajstić information content (AvgIpc) is 2.78. The van der Waals surface area contributed by atoms with Gasteiger partial charge in [0.25, 0.3) is 0 Å². The molecule has 6 nitrogen and oxygen atoms in total. The van der Waals surface area contributed by atoms with Crippen LogP contribution in [0.5, 0.6) is 34.5 Å². The minimum absolute atomic E-state index is 0.138. The molecule has 3 aromatic carbocycles. The van der Waals surface area contributed by atoms with Crippen LogP contribution < -0.4 is 0 Å². The van der Waals surface area contributed by atoms with Crippen LogP contribution in [0.1, 0.15) is 55.2 Å². The van der Waals surface area contributed by atoms with Gasteiger partial charge in [-0.05, 0) is 114 Å². The number of phenolic OH excluding ortho intramolecular Hbond substituents is 6. The molecule has 3 aromatic rings. The highest BCUT2D eigenvalue weighted by atomic mass is 16.3. The summed E-state index contributed by atoms with van der Waals surface area (Å²) >= 11 is 0. The van der Waals surface area contributed by atoms with Gasteiger partial charge in [-0.15, -0.1) is 0 Å². The van der Waals surface area contributed by atoms with Crippen molar-refractivity contribution in [2.45, 2.75) is 54.8 Å². The number of phenols is 6. The second-order valence-corrected chi connectivity index (χ2v) is 11.0. The molecule has 6 heteroatoms. The van der Waals surface area contributed by atoms with Crippen molar-refractivity contribution in [2.75, 3.05) is 0 Å². The smallest absolute Gasteiger partial charge is 0.157 e. The fraction of sp³-hybridized carbons (Fsp3) is 0.357. The Bertz CT molecular complexity index is 1150. The Labute approximate surface area is 197 Å². The number of benzene rings is 3. The first kappa shape index (κ1) is 21.0. The molecule has 7 rings (SSSR count). The average molecular weight is 461 g/mol.